The van der Waals surface area contributed by atoms with Gasteiger partial charge < -0.3 is 14.5 Å². The molecule has 7 heteroatoms. The van der Waals surface area contributed by atoms with Gasteiger partial charge in [-0.3, -0.25) is 9.59 Å². The van der Waals surface area contributed by atoms with Gasteiger partial charge in [0.05, 0.1) is 12.1 Å². The van der Waals surface area contributed by atoms with Crippen LogP contribution >= 0.6 is 0 Å². The number of fused-ring (bicyclic) bond motifs is 1. The van der Waals surface area contributed by atoms with Gasteiger partial charge in [-0.2, -0.15) is 0 Å². The van der Waals surface area contributed by atoms with Crippen LogP contribution in [-0.2, 0) is 14.3 Å². The zero-order chi connectivity index (χ0) is 20.7. The number of nitrogens with zero attached hydrogens (tertiary/aromatic N) is 2. The highest BCUT2D eigenvalue weighted by atomic mass is 19.1. The normalized spacial score (nSPS) is 43.2. The molecule has 4 rings (SSSR count). The van der Waals surface area contributed by atoms with Crippen molar-refractivity contribution in [2.24, 2.45) is 11.8 Å². The Hall–Kier alpha value is -1.24. The first-order valence-electron chi connectivity index (χ1n) is 11.3. The Morgan fingerprint density at radius 2 is 1.66 bits per heavy atom. The van der Waals surface area contributed by atoms with Crippen LogP contribution < -0.4 is 0 Å². The summed E-state index contributed by atoms with van der Waals surface area (Å²) in [6.45, 7) is 4.73. The standard InChI is InChI=1S/C22H34F2N2O3/c1-13-12-25(22(28)21-4-3-7-29-21)20-10-15(5-6-19(20)26(13)14(2)27)16-8-17(23)11-18(24)9-16/h13,15-21H,3-12H2,1-2H3/t13-,15?,16?,17?,18?,19?,20?,21?/m0/s1. The number of piperazine rings is 1. The van der Waals surface area contributed by atoms with E-state index in [4.69, 9.17) is 4.74 Å². The molecule has 5 nitrogen and oxygen atoms in total. The molecule has 0 aromatic heterocycles. The minimum Gasteiger partial charge on any atom is -0.368 e. The second-order valence-corrected chi connectivity index (χ2v) is 9.64. The fourth-order valence-corrected chi connectivity index (χ4v) is 6.45. The van der Waals surface area contributed by atoms with Gasteiger partial charge in [0.15, 0.2) is 0 Å². The average molecular weight is 413 g/mol. The summed E-state index contributed by atoms with van der Waals surface area (Å²) >= 11 is 0. The number of ether oxygens (including phenoxy) is 1. The summed E-state index contributed by atoms with van der Waals surface area (Å²) in [4.78, 5) is 29.5. The predicted octanol–water partition coefficient (Wildman–Crippen LogP) is 3.26. The molecule has 0 radical (unpaired) electrons. The average Bonchev–Trinajstić information content (AvgIpc) is 3.20. The molecule has 0 aromatic rings. The number of halogens is 2. The van der Waals surface area contributed by atoms with E-state index >= 15 is 0 Å². The van der Waals surface area contributed by atoms with E-state index in [1.54, 1.807) is 6.92 Å². The molecule has 2 heterocycles. The molecule has 4 fully saturated rings. The minimum atomic E-state index is -1.06. The highest BCUT2D eigenvalue weighted by Gasteiger charge is 2.49. The van der Waals surface area contributed by atoms with Crippen LogP contribution in [0.25, 0.3) is 0 Å². The molecule has 6 unspecified atom stereocenters. The lowest BCUT2D eigenvalue weighted by atomic mass is 9.68. The van der Waals surface area contributed by atoms with Crippen LogP contribution in [-0.4, -0.2) is 71.3 Å². The molecular formula is C22H34F2N2O3. The van der Waals surface area contributed by atoms with E-state index in [9.17, 15) is 18.4 Å². The molecule has 2 saturated carbocycles. The third-order valence-corrected chi connectivity index (χ3v) is 7.66. The van der Waals surface area contributed by atoms with Crippen molar-refractivity contribution < 1.29 is 23.1 Å². The molecule has 164 valence electrons. The third kappa shape index (κ3) is 4.17. The summed E-state index contributed by atoms with van der Waals surface area (Å²) in [6, 6.07) is -0.122. The van der Waals surface area contributed by atoms with Gasteiger partial charge in [-0.05, 0) is 63.7 Å². The number of hydrogen-bond donors (Lipinski definition) is 0. The summed E-state index contributed by atoms with van der Waals surface area (Å²) in [6.07, 6.45) is 2.39. The summed E-state index contributed by atoms with van der Waals surface area (Å²) in [5.74, 6) is 0.304. The molecule has 2 aliphatic carbocycles. The van der Waals surface area contributed by atoms with Crippen molar-refractivity contribution >= 4 is 11.8 Å². The topological polar surface area (TPSA) is 49.9 Å². The molecule has 7 atom stereocenters. The van der Waals surface area contributed by atoms with Crippen LogP contribution in [0.1, 0.15) is 65.2 Å². The molecule has 29 heavy (non-hydrogen) atoms. The number of hydrogen-bond acceptors (Lipinski definition) is 3. The fourth-order valence-electron chi connectivity index (χ4n) is 6.45. The summed E-state index contributed by atoms with van der Waals surface area (Å²) in [5.41, 5.74) is 0. The van der Waals surface area contributed by atoms with Crippen molar-refractivity contribution in [3.8, 4) is 0 Å². The predicted molar refractivity (Wildman–Crippen MR) is 105 cm³/mol. The molecule has 2 amide bonds. The van der Waals surface area contributed by atoms with Crippen molar-refractivity contribution in [2.75, 3.05) is 13.2 Å². The van der Waals surface area contributed by atoms with Crippen molar-refractivity contribution in [1.82, 2.24) is 9.80 Å². The van der Waals surface area contributed by atoms with Crippen LogP contribution in [0.5, 0.6) is 0 Å². The lowest BCUT2D eigenvalue weighted by molar-refractivity contribution is -0.160. The Balaban J connectivity index is 1.55. The number of carbonyl (C=O) groups is 2. The molecule has 0 spiro atoms. The van der Waals surface area contributed by atoms with Crippen LogP contribution in [0.3, 0.4) is 0 Å². The van der Waals surface area contributed by atoms with E-state index in [0.29, 0.717) is 26.0 Å². The number of amides is 2. The Bertz CT molecular complexity index is 617. The highest BCUT2D eigenvalue weighted by Crippen LogP contribution is 2.44. The Labute approximate surface area is 172 Å². The molecule has 2 aliphatic heterocycles. The largest absolute Gasteiger partial charge is 0.368 e. The Morgan fingerprint density at radius 1 is 0.931 bits per heavy atom. The summed E-state index contributed by atoms with van der Waals surface area (Å²) < 4.78 is 33.7. The third-order valence-electron chi connectivity index (χ3n) is 7.66. The lowest BCUT2D eigenvalue weighted by Crippen LogP contribution is -2.68. The lowest BCUT2D eigenvalue weighted by Gasteiger charge is -2.55. The smallest absolute Gasteiger partial charge is 0.252 e. The summed E-state index contributed by atoms with van der Waals surface area (Å²) in [7, 11) is 0. The van der Waals surface area contributed by atoms with Crippen molar-refractivity contribution in [3.05, 3.63) is 0 Å². The van der Waals surface area contributed by atoms with Gasteiger partial charge in [-0.1, -0.05) is 0 Å². The van der Waals surface area contributed by atoms with Crippen LogP contribution in [0, 0.1) is 11.8 Å². The molecule has 0 aromatic carbocycles. The first-order chi connectivity index (χ1) is 13.8. The van der Waals surface area contributed by atoms with Crippen LogP contribution in [0.4, 0.5) is 8.78 Å². The minimum absolute atomic E-state index is 0.0104. The molecule has 4 aliphatic rings. The number of carbonyl (C=O) groups excluding carboxylic acids is 2. The first-order valence-corrected chi connectivity index (χ1v) is 11.3. The van der Waals surface area contributed by atoms with E-state index in [0.717, 1.165) is 32.1 Å². The Morgan fingerprint density at radius 3 is 2.28 bits per heavy atom. The van der Waals surface area contributed by atoms with Gasteiger partial charge in [-0.15, -0.1) is 0 Å². The zero-order valence-electron chi connectivity index (χ0n) is 17.6. The van der Waals surface area contributed by atoms with Gasteiger partial charge in [0.25, 0.3) is 5.91 Å². The summed E-state index contributed by atoms with van der Waals surface area (Å²) in [5, 5.41) is 0. The zero-order valence-corrected chi connectivity index (χ0v) is 17.6. The van der Waals surface area contributed by atoms with Crippen molar-refractivity contribution in [3.63, 3.8) is 0 Å². The first kappa shape index (κ1) is 21.0. The molecular weight excluding hydrogens is 378 g/mol. The second kappa shape index (κ2) is 8.48. The van der Waals surface area contributed by atoms with Gasteiger partial charge in [0.2, 0.25) is 5.91 Å². The highest BCUT2D eigenvalue weighted by molar-refractivity contribution is 5.82. The maximum atomic E-state index is 14.0. The molecule has 0 N–H and O–H groups in total. The number of rotatable bonds is 2. The fraction of sp³-hybridized carbons (Fsp3) is 0.909. The van der Waals surface area contributed by atoms with Gasteiger partial charge in [0.1, 0.15) is 18.4 Å². The quantitative estimate of drug-likeness (QED) is 0.700. The van der Waals surface area contributed by atoms with Crippen molar-refractivity contribution in [1.29, 1.82) is 0 Å². The van der Waals surface area contributed by atoms with E-state index in [-0.39, 0.29) is 54.3 Å². The van der Waals surface area contributed by atoms with Gasteiger partial charge >= 0.3 is 0 Å². The maximum absolute atomic E-state index is 14.0. The van der Waals surface area contributed by atoms with Gasteiger partial charge in [0, 0.05) is 32.5 Å². The van der Waals surface area contributed by atoms with E-state index in [1.165, 1.54) is 0 Å². The van der Waals surface area contributed by atoms with Crippen molar-refractivity contribution in [2.45, 2.75) is 102 Å². The molecule has 2 saturated heterocycles. The van der Waals surface area contributed by atoms with Crippen LogP contribution in [0.2, 0.25) is 0 Å². The van der Waals surface area contributed by atoms with E-state index in [1.807, 2.05) is 16.7 Å². The second-order valence-electron chi connectivity index (χ2n) is 9.64. The monoisotopic (exact) mass is 412 g/mol. The Kier molecular flexibility index (Phi) is 6.14. The van der Waals surface area contributed by atoms with Crippen LogP contribution in [0.15, 0.2) is 0 Å². The molecule has 0 bridgehead atoms. The van der Waals surface area contributed by atoms with E-state index < -0.39 is 12.3 Å². The van der Waals surface area contributed by atoms with Gasteiger partial charge in [-0.25, -0.2) is 8.78 Å². The van der Waals surface area contributed by atoms with E-state index in [2.05, 4.69) is 0 Å². The number of alkyl halides is 2. The maximum Gasteiger partial charge on any atom is 0.252 e. The SMILES string of the molecule is CC(=O)N1C2CCC(C3CC(F)CC(F)C3)CC2N(C(=O)C2CCCO2)C[C@@H]1C.